The molecule has 1 aliphatic heterocycles. The van der Waals surface area contributed by atoms with E-state index in [1.165, 1.54) is 23.8 Å². The molecule has 0 spiro atoms. The summed E-state index contributed by atoms with van der Waals surface area (Å²) in [6.07, 6.45) is -1.90. The molecule has 3 aromatic rings. The number of nitrogens with two attached hydrogens (primary N) is 1. The van der Waals surface area contributed by atoms with Crippen LogP contribution in [0.25, 0.3) is 5.52 Å². The number of rotatable bonds is 14. The van der Waals surface area contributed by atoms with Gasteiger partial charge in [0.2, 0.25) is 5.60 Å². The number of aryl methyl sites for hydroxylation is 1. The van der Waals surface area contributed by atoms with Crippen LogP contribution in [0.4, 0.5) is 5.82 Å². The number of hydrogen-bond acceptors (Lipinski definition) is 12. The highest BCUT2D eigenvalue weighted by molar-refractivity contribution is 7.52. The number of nitrogens with one attached hydrogen (secondary N) is 1. The van der Waals surface area contributed by atoms with Crippen molar-refractivity contribution in [3.8, 4) is 11.8 Å². The molecule has 1 saturated heterocycles. The van der Waals surface area contributed by atoms with Crippen LogP contribution in [0.1, 0.15) is 70.2 Å². The summed E-state index contributed by atoms with van der Waals surface area (Å²) in [6.45, 7) is 10.9. The minimum atomic E-state index is -4.40. The Morgan fingerprint density at radius 3 is 2.61 bits per heavy atom. The molecule has 1 aliphatic rings. The average Bonchev–Trinajstić information content (AvgIpc) is 3.56. The second-order valence-electron chi connectivity index (χ2n) is 11.8. The lowest BCUT2D eigenvalue weighted by atomic mass is 9.92. The fourth-order valence-corrected chi connectivity index (χ4v) is 6.80. The smallest absolute Gasteiger partial charge is 0.459 e. The third-order valence-corrected chi connectivity index (χ3v) is 9.86. The van der Waals surface area contributed by atoms with Crippen molar-refractivity contribution < 1.29 is 38.1 Å². The molecule has 1 unspecified atom stereocenters. The van der Waals surface area contributed by atoms with Crippen LogP contribution in [-0.2, 0) is 29.0 Å². The summed E-state index contributed by atoms with van der Waals surface area (Å²) >= 11 is 0. The highest BCUT2D eigenvalue weighted by atomic mass is 31.2. The predicted octanol–water partition coefficient (Wildman–Crippen LogP) is 3.74. The Morgan fingerprint density at radius 2 is 1.96 bits per heavy atom. The van der Waals surface area contributed by atoms with Gasteiger partial charge >= 0.3 is 13.7 Å². The predicted molar refractivity (Wildman–Crippen MR) is 169 cm³/mol. The first-order valence-corrected chi connectivity index (χ1v) is 16.9. The van der Waals surface area contributed by atoms with Crippen LogP contribution in [-0.4, -0.2) is 68.3 Å². The van der Waals surface area contributed by atoms with Gasteiger partial charge in [-0.05, 0) is 55.0 Å². The van der Waals surface area contributed by atoms with Crippen LogP contribution < -0.4 is 15.3 Å². The van der Waals surface area contributed by atoms with Crippen LogP contribution in [0.15, 0.2) is 36.7 Å². The SMILES string of the molecule is CCC(CC)COC(=O)[C@H](C)NP(=O)(OC[C@H]1O[C@@](C#N)(c2ccc3c(N)ncnn23)[C@H](O)[C@@H]1O)Oc1cc(C)ccc1C(C)C. The summed E-state index contributed by atoms with van der Waals surface area (Å²) in [5.41, 5.74) is 5.89. The molecule has 4 rings (SSSR count). The molecule has 250 valence electrons. The number of fused-ring (bicyclic) bond motifs is 1. The molecule has 0 saturated carbocycles. The van der Waals surface area contributed by atoms with Crippen LogP contribution in [0.5, 0.6) is 5.75 Å². The quantitative estimate of drug-likeness (QED) is 0.144. The molecule has 6 atom stereocenters. The van der Waals surface area contributed by atoms with Gasteiger partial charge in [-0.2, -0.15) is 15.4 Å². The van der Waals surface area contributed by atoms with Crippen LogP contribution >= 0.6 is 7.75 Å². The van der Waals surface area contributed by atoms with Crippen molar-refractivity contribution in [1.82, 2.24) is 19.7 Å². The number of nitrogens with zero attached hydrogens (tertiary/aromatic N) is 4. The van der Waals surface area contributed by atoms with Crippen molar-refractivity contribution in [2.75, 3.05) is 18.9 Å². The lowest BCUT2D eigenvalue weighted by molar-refractivity contribution is -0.146. The minimum absolute atomic E-state index is 0.00689. The summed E-state index contributed by atoms with van der Waals surface area (Å²) in [7, 11) is -4.40. The minimum Gasteiger partial charge on any atom is -0.464 e. The largest absolute Gasteiger partial charge is 0.464 e. The van der Waals surface area contributed by atoms with Crippen LogP contribution in [0, 0.1) is 24.2 Å². The Balaban J connectivity index is 1.61. The summed E-state index contributed by atoms with van der Waals surface area (Å²) in [5, 5.41) is 39.2. The van der Waals surface area contributed by atoms with Gasteiger partial charge in [-0.15, -0.1) is 0 Å². The highest BCUT2D eigenvalue weighted by Gasteiger charge is 2.58. The van der Waals surface area contributed by atoms with Crippen molar-refractivity contribution in [1.29, 1.82) is 5.26 Å². The van der Waals surface area contributed by atoms with Gasteiger partial charge < -0.3 is 29.9 Å². The van der Waals surface area contributed by atoms with Crippen molar-refractivity contribution in [2.45, 2.75) is 90.3 Å². The van der Waals surface area contributed by atoms with Gasteiger partial charge in [0, 0.05) is 0 Å². The lowest BCUT2D eigenvalue weighted by Crippen LogP contribution is -2.41. The molecule has 0 radical (unpaired) electrons. The third kappa shape index (κ3) is 7.20. The van der Waals surface area contributed by atoms with Crippen molar-refractivity contribution in [2.24, 2.45) is 5.92 Å². The number of nitrogen functional groups attached to an aromatic ring is 1. The average molecular weight is 659 g/mol. The van der Waals surface area contributed by atoms with E-state index in [1.807, 2.05) is 52.8 Å². The second-order valence-corrected chi connectivity index (χ2v) is 13.5. The molecule has 46 heavy (non-hydrogen) atoms. The van der Waals surface area contributed by atoms with E-state index in [0.29, 0.717) is 5.52 Å². The van der Waals surface area contributed by atoms with Gasteiger partial charge in [-0.3, -0.25) is 9.32 Å². The first-order valence-electron chi connectivity index (χ1n) is 15.3. The molecule has 1 aromatic carbocycles. The number of benzene rings is 1. The maximum Gasteiger partial charge on any atom is 0.459 e. The maximum atomic E-state index is 14.4. The number of aliphatic hydroxyl groups is 2. The third-order valence-electron chi connectivity index (χ3n) is 8.23. The zero-order valence-electron chi connectivity index (χ0n) is 26.9. The maximum absolute atomic E-state index is 14.4. The number of aromatic nitrogens is 3. The second kappa shape index (κ2) is 14.5. The van der Waals surface area contributed by atoms with Crippen molar-refractivity contribution >= 4 is 25.1 Å². The van der Waals surface area contributed by atoms with Gasteiger partial charge in [0.15, 0.2) is 5.82 Å². The Kier molecular flexibility index (Phi) is 11.1. The first-order chi connectivity index (χ1) is 21.8. The van der Waals surface area contributed by atoms with E-state index in [-0.39, 0.29) is 35.7 Å². The number of esters is 1. The van der Waals surface area contributed by atoms with Gasteiger partial charge in [-0.1, -0.05) is 52.7 Å². The molecule has 0 bridgehead atoms. The lowest BCUT2D eigenvalue weighted by Gasteiger charge is -2.26. The van der Waals surface area contributed by atoms with Crippen LogP contribution in [0.3, 0.4) is 0 Å². The van der Waals surface area contributed by atoms with Gasteiger partial charge in [0.25, 0.3) is 0 Å². The van der Waals surface area contributed by atoms with Crippen molar-refractivity contribution in [3.63, 3.8) is 0 Å². The van der Waals surface area contributed by atoms with Gasteiger partial charge in [-0.25, -0.2) is 14.1 Å². The fraction of sp³-hybridized carbons (Fsp3) is 0.548. The number of anilines is 1. The number of aliphatic hydroxyl groups excluding tert-OH is 2. The van der Waals surface area contributed by atoms with Gasteiger partial charge in [0.1, 0.15) is 48.0 Å². The van der Waals surface area contributed by atoms with Crippen molar-refractivity contribution in [3.05, 3.63) is 53.5 Å². The zero-order valence-corrected chi connectivity index (χ0v) is 27.8. The Labute approximate surface area is 268 Å². The molecule has 15 heteroatoms. The molecule has 5 N–H and O–H groups in total. The molecule has 1 fully saturated rings. The number of carbonyl (C=O) groups is 1. The molecular formula is C31H43N6O8P. The first kappa shape index (κ1) is 35.3. The Hall–Kier alpha value is -3.57. The molecule has 14 nitrogen and oxygen atoms in total. The monoisotopic (exact) mass is 658 g/mol. The summed E-state index contributed by atoms with van der Waals surface area (Å²) < 4.78 is 39.0. The van der Waals surface area contributed by atoms with E-state index in [1.54, 1.807) is 12.1 Å². The molecule has 3 heterocycles. The summed E-state index contributed by atoms with van der Waals surface area (Å²) in [5.74, 6) is -0.0574. The Bertz CT molecular complexity index is 1620. The molecule has 0 aliphatic carbocycles. The highest BCUT2D eigenvalue weighted by Crippen LogP contribution is 2.49. The van der Waals surface area contributed by atoms with Gasteiger partial charge in [0.05, 0.1) is 18.9 Å². The summed E-state index contributed by atoms with van der Waals surface area (Å²) in [4.78, 5) is 16.8. The molecule has 2 aromatic heterocycles. The molecular weight excluding hydrogens is 615 g/mol. The van der Waals surface area contributed by atoms with E-state index >= 15 is 0 Å². The number of hydrogen-bond donors (Lipinski definition) is 4. The normalized spacial score (nSPS) is 23.4. The standard InChI is InChI=1S/C31H43N6O8P/c1-7-21(8-2)14-42-30(40)20(6)36-46(41,45-24-13-19(5)9-10-22(24)18(3)4)43-15-25-27(38)28(39)31(16-32,44-25)26-12-11-23-29(33)34-17-35-37(23)26/h9-13,17-18,20-21,25,27-28,38-39H,7-8,14-15H2,1-6H3,(H,36,41)(H2,33,34,35)/t20-,25+,27+,28+,31-,46?/m0/s1. The zero-order chi connectivity index (χ0) is 33.8. The number of nitriles is 1. The van der Waals surface area contributed by atoms with E-state index in [2.05, 4.69) is 15.2 Å². The fourth-order valence-electron chi connectivity index (χ4n) is 5.28. The number of carbonyl (C=O) groups excluding carboxylic acids is 1. The van der Waals surface area contributed by atoms with E-state index in [9.17, 15) is 24.8 Å². The summed E-state index contributed by atoms with van der Waals surface area (Å²) in [6, 6.07) is 9.35. The molecule has 0 amide bonds. The van der Waals surface area contributed by atoms with Crippen LogP contribution in [0.2, 0.25) is 0 Å². The van der Waals surface area contributed by atoms with E-state index in [0.717, 1.165) is 24.0 Å². The van der Waals surface area contributed by atoms with E-state index in [4.69, 9.17) is 24.3 Å². The van der Waals surface area contributed by atoms with E-state index < -0.39 is 50.3 Å². The topological polar surface area (TPSA) is 204 Å². The Morgan fingerprint density at radius 1 is 1.24 bits per heavy atom. The number of ether oxygens (including phenoxy) is 2.